The first-order chi connectivity index (χ1) is 31.9. The molecule has 0 atom stereocenters. The number of aromatic nitrogens is 2. The van der Waals surface area contributed by atoms with Crippen LogP contribution in [0.15, 0.2) is 120 Å². The number of thiazole rings is 2. The standard InChI is InChI=1S/C52H56N6O6S2/c1-37-13-11-19-43(29-37)57(51(49-53-39(3)35-65-49)21-25-55(26-22-51)31-41-15-7-5-8-16-41)45(59)33-63-47(61)48(62)64-34-46(60)58(44-20-12-14-38(2)30-44)52(50-54-40(4)36-66-50)23-27-56(28-24-52)32-42-17-9-6-10-18-42/h5-20,29-30,35-36H,21-28,31-34H2,1-4H3. The summed E-state index contributed by atoms with van der Waals surface area (Å²) in [6, 6.07) is 35.9. The molecule has 0 spiro atoms. The third kappa shape index (κ3) is 10.5. The monoisotopic (exact) mass is 924 g/mol. The van der Waals surface area contributed by atoms with E-state index < -0.39 is 48.0 Å². The lowest BCUT2D eigenvalue weighted by atomic mass is 9.84. The predicted octanol–water partition coefficient (Wildman–Crippen LogP) is 8.67. The summed E-state index contributed by atoms with van der Waals surface area (Å²) in [4.78, 5) is 74.2. The number of carbonyl (C=O) groups is 4. The Morgan fingerprint density at radius 1 is 0.545 bits per heavy atom. The molecule has 14 heteroatoms. The van der Waals surface area contributed by atoms with Gasteiger partial charge in [-0.25, -0.2) is 19.6 Å². The molecule has 0 unspecified atom stereocenters. The summed E-state index contributed by atoms with van der Waals surface area (Å²) in [6.45, 7) is 10.7. The third-order valence-corrected chi connectivity index (χ3v) is 14.9. The number of rotatable bonds is 14. The molecule has 4 aromatic carbocycles. The van der Waals surface area contributed by atoms with Crippen molar-refractivity contribution in [2.45, 2.75) is 77.5 Å². The lowest BCUT2D eigenvalue weighted by molar-refractivity contribution is -0.169. The first kappa shape index (κ1) is 46.5. The molecule has 12 nitrogen and oxygen atoms in total. The Labute approximate surface area is 394 Å². The summed E-state index contributed by atoms with van der Waals surface area (Å²) in [7, 11) is 0. The summed E-state index contributed by atoms with van der Waals surface area (Å²) in [5.74, 6) is -3.74. The topological polar surface area (TPSA) is 125 Å². The number of anilines is 2. The lowest BCUT2D eigenvalue weighted by Crippen LogP contribution is -2.57. The number of hydrogen-bond donors (Lipinski definition) is 0. The van der Waals surface area contributed by atoms with Crippen molar-refractivity contribution in [3.8, 4) is 0 Å². The zero-order valence-corrected chi connectivity index (χ0v) is 39.6. The van der Waals surface area contributed by atoms with Gasteiger partial charge in [0.2, 0.25) is 0 Å². The van der Waals surface area contributed by atoms with Gasteiger partial charge in [-0.15, -0.1) is 22.7 Å². The third-order valence-electron chi connectivity index (χ3n) is 12.6. The number of carbonyl (C=O) groups excluding carboxylic acids is 4. The molecule has 4 heterocycles. The number of esters is 2. The van der Waals surface area contributed by atoms with Crippen LogP contribution < -0.4 is 9.80 Å². The molecule has 6 aromatic rings. The summed E-state index contributed by atoms with van der Waals surface area (Å²) < 4.78 is 10.9. The van der Waals surface area contributed by atoms with Crippen LogP contribution >= 0.6 is 22.7 Å². The van der Waals surface area contributed by atoms with Gasteiger partial charge in [-0.05, 0) is 99.9 Å². The Kier molecular flexibility index (Phi) is 14.5. The van der Waals surface area contributed by atoms with E-state index in [0.29, 0.717) is 63.2 Å². The van der Waals surface area contributed by atoms with Crippen molar-refractivity contribution in [2.75, 3.05) is 49.2 Å². The molecule has 8 rings (SSSR count). The van der Waals surface area contributed by atoms with E-state index in [0.717, 1.165) is 45.6 Å². The van der Waals surface area contributed by atoms with Crippen LogP contribution in [0, 0.1) is 27.7 Å². The van der Waals surface area contributed by atoms with Gasteiger partial charge in [-0.3, -0.25) is 29.2 Å². The second-order valence-electron chi connectivity index (χ2n) is 17.5. The number of nitrogens with zero attached hydrogens (tertiary/aromatic N) is 6. The predicted molar refractivity (Wildman–Crippen MR) is 258 cm³/mol. The number of hydrogen-bond acceptors (Lipinski definition) is 12. The molecule has 0 saturated carbocycles. The van der Waals surface area contributed by atoms with Crippen LogP contribution in [-0.2, 0) is 52.8 Å². The van der Waals surface area contributed by atoms with Crippen LogP contribution in [0.5, 0.6) is 0 Å². The van der Waals surface area contributed by atoms with Gasteiger partial charge in [0.05, 0.1) is 0 Å². The molecule has 2 aliphatic heterocycles. The SMILES string of the molecule is Cc1cccc(N(C(=O)COC(=O)C(=O)OCC(=O)N(c2cccc(C)c2)C2(c3nc(C)cs3)CCN(Cc3ccccc3)CC2)C2(c3nc(C)cs3)CCN(Cc3ccccc3)CC2)c1. The molecule has 0 bridgehead atoms. The van der Waals surface area contributed by atoms with Gasteiger partial charge in [0.25, 0.3) is 11.8 Å². The molecule has 2 amide bonds. The molecule has 2 aromatic heterocycles. The summed E-state index contributed by atoms with van der Waals surface area (Å²) in [6.07, 6.45) is 2.31. The quantitative estimate of drug-likeness (QED) is 0.0775. The largest absolute Gasteiger partial charge is 0.447 e. The van der Waals surface area contributed by atoms with E-state index in [2.05, 4.69) is 34.1 Å². The number of aryl methyl sites for hydroxylation is 4. The second-order valence-corrected chi connectivity index (χ2v) is 19.2. The number of likely N-dealkylation sites (tertiary alicyclic amines) is 2. The van der Waals surface area contributed by atoms with Crippen LogP contribution in [0.1, 0.15) is 69.3 Å². The van der Waals surface area contributed by atoms with Crippen molar-refractivity contribution in [2.24, 2.45) is 0 Å². The Morgan fingerprint density at radius 3 is 1.26 bits per heavy atom. The van der Waals surface area contributed by atoms with Gasteiger partial charge in [-0.2, -0.15) is 0 Å². The fourth-order valence-corrected chi connectivity index (χ4v) is 11.4. The van der Waals surface area contributed by atoms with Crippen molar-refractivity contribution < 1.29 is 28.7 Å². The molecule has 2 fully saturated rings. The molecule has 0 radical (unpaired) electrons. The molecule has 0 aliphatic carbocycles. The molecular weight excluding hydrogens is 869 g/mol. The molecule has 2 aliphatic rings. The van der Waals surface area contributed by atoms with E-state index >= 15 is 0 Å². The molecule has 0 N–H and O–H groups in total. The van der Waals surface area contributed by atoms with Crippen LogP contribution in [0.2, 0.25) is 0 Å². The van der Waals surface area contributed by atoms with Crippen LogP contribution in [0.4, 0.5) is 11.4 Å². The number of piperidine rings is 2. The maximum Gasteiger partial charge on any atom is 0.418 e. The highest BCUT2D eigenvalue weighted by Crippen LogP contribution is 2.45. The van der Waals surface area contributed by atoms with Crippen molar-refractivity contribution in [3.05, 3.63) is 164 Å². The zero-order chi connectivity index (χ0) is 46.3. The maximum absolute atomic E-state index is 14.6. The van der Waals surface area contributed by atoms with Gasteiger partial charge in [0, 0.05) is 72.8 Å². The van der Waals surface area contributed by atoms with Crippen LogP contribution in [0.3, 0.4) is 0 Å². The average Bonchev–Trinajstić information content (AvgIpc) is 3.98. The summed E-state index contributed by atoms with van der Waals surface area (Å²) in [5.41, 5.74) is 5.60. The Bertz CT molecular complexity index is 2450. The minimum absolute atomic E-state index is 0.507. The first-order valence-corrected chi connectivity index (χ1v) is 24.2. The highest BCUT2D eigenvalue weighted by molar-refractivity contribution is 7.10. The van der Waals surface area contributed by atoms with Gasteiger partial charge in [-0.1, -0.05) is 84.9 Å². The van der Waals surface area contributed by atoms with Crippen molar-refractivity contribution in [3.63, 3.8) is 0 Å². The number of amides is 2. The van der Waals surface area contributed by atoms with Crippen molar-refractivity contribution in [1.82, 2.24) is 19.8 Å². The van der Waals surface area contributed by atoms with Crippen LogP contribution in [-0.4, -0.2) is 82.9 Å². The average molecular weight is 925 g/mol. The van der Waals surface area contributed by atoms with E-state index in [1.54, 1.807) is 9.80 Å². The Morgan fingerprint density at radius 2 is 0.924 bits per heavy atom. The molecule has 342 valence electrons. The smallest absolute Gasteiger partial charge is 0.418 e. The first-order valence-electron chi connectivity index (χ1n) is 22.4. The van der Waals surface area contributed by atoms with Gasteiger partial charge in [0.1, 0.15) is 21.1 Å². The van der Waals surface area contributed by atoms with E-state index in [1.165, 1.54) is 33.8 Å². The Balaban J connectivity index is 0.989. The Hall–Kier alpha value is -6.06. The van der Waals surface area contributed by atoms with E-state index in [4.69, 9.17) is 19.4 Å². The summed E-state index contributed by atoms with van der Waals surface area (Å²) >= 11 is 3.01. The normalized spacial score (nSPS) is 16.0. The van der Waals surface area contributed by atoms with Gasteiger partial charge < -0.3 is 9.47 Å². The molecule has 2 saturated heterocycles. The zero-order valence-electron chi connectivity index (χ0n) is 38.0. The minimum Gasteiger partial charge on any atom is -0.447 e. The summed E-state index contributed by atoms with van der Waals surface area (Å²) in [5, 5.41) is 5.56. The van der Waals surface area contributed by atoms with Gasteiger partial charge >= 0.3 is 11.9 Å². The van der Waals surface area contributed by atoms with E-state index in [9.17, 15) is 19.2 Å². The van der Waals surface area contributed by atoms with Crippen LogP contribution in [0.25, 0.3) is 0 Å². The molecule has 66 heavy (non-hydrogen) atoms. The second kappa shape index (κ2) is 20.6. The number of ether oxygens (including phenoxy) is 2. The van der Waals surface area contributed by atoms with Gasteiger partial charge in [0.15, 0.2) is 13.2 Å². The minimum atomic E-state index is -1.36. The fourth-order valence-electron chi connectivity index (χ4n) is 9.34. The van der Waals surface area contributed by atoms with Crippen molar-refractivity contribution in [1.29, 1.82) is 0 Å². The number of benzene rings is 4. The van der Waals surface area contributed by atoms with E-state index in [1.807, 2.05) is 123 Å². The fraction of sp³-hybridized carbons (Fsp3) is 0.346. The molecular formula is C52H56N6O6S2. The lowest BCUT2D eigenvalue weighted by Gasteiger charge is -2.47. The highest BCUT2D eigenvalue weighted by Gasteiger charge is 2.49. The maximum atomic E-state index is 14.6. The van der Waals surface area contributed by atoms with Crippen molar-refractivity contribution >= 4 is 57.8 Å². The highest BCUT2D eigenvalue weighted by atomic mass is 32.1. The van der Waals surface area contributed by atoms with E-state index in [-0.39, 0.29) is 0 Å².